The minimum Gasteiger partial charge on any atom is -0.373 e. The largest absolute Gasteiger partial charge is 0.373 e. The predicted molar refractivity (Wildman–Crippen MR) is 90.6 cm³/mol. The first-order valence-electron chi connectivity index (χ1n) is 8.77. The molecule has 0 aliphatic carbocycles. The predicted octanol–water partition coefficient (Wildman–Crippen LogP) is 2.82. The Bertz CT molecular complexity index is 698. The highest BCUT2D eigenvalue weighted by Gasteiger charge is 2.29. The van der Waals surface area contributed by atoms with Gasteiger partial charge < -0.3 is 9.64 Å². The summed E-state index contributed by atoms with van der Waals surface area (Å²) in [7, 11) is 0. The second-order valence-corrected chi connectivity index (χ2v) is 6.70. The van der Waals surface area contributed by atoms with Crippen molar-refractivity contribution in [2.45, 2.75) is 37.7 Å². The van der Waals surface area contributed by atoms with E-state index < -0.39 is 0 Å². The maximum Gasteiger partial charge on any atom is 0.225 e. The van der Waals surface area contributed by atoms with Gasteiger partial charge in [0.1, 0.15) is 0 Å². The van der Waals surface area contributed by atoms with E-state index in [0.717, 1.165) is 38.0 Å². The van der Waals surface area contributed by atoms with Crippen LogP contribution in [-0.2, 0) is 16.0 Å². The van der Waals surface area contributed by atoms with E-state index in [1.807, 2.05) is 17.0 Å². The summed E-state index contributed by atoms with van der Waals surface area (Å²) in [5.41, 5.74) is 3.63. The Kier molecular flexibility index (Phi) is 4.34. The Morgan fingerprint density at radius 2 is 2.25 bits per heavy atom. The van der Waals surface area contributed by atoms with E-state index >= 15 is 0 Å². The molecular formula is C19H23N3O2. The molecule has 1 aromatic heterocycles. The zero-order chi connectivity index (χ0) is 16.4. The number of hydrogen-bond acceptors (Lipinski definition) is 3. The van der Waals surface area contributed by atoms with E-state index in [1.165, 1.54) is 11.1 Å². The van der Waals surface area contributed by atoms with Crippen LogP contribution in [0.3, 0.4) is 0 Å². The van der Waals surface area contributed by atoms with Crippen molar-refractivity contribution in [2.24, 2.45) is 0 Å². The topological polar surface area (TPSA) is 58.2 Å². The molecule has 2 aliphatic rings. The summed E-state index contributed by atoms with van der Waals surface area (Å²) in [4.78, 5) is 14.8. The molecular weight excluding hydrogens is 302 g/mol. The van der Waals surface area contributed by atoms with Gasteiger partial charge in [0.15, 0.2) is 0 Å². The van der Waals surface area contributed by atoms with E-state index in [4.69, 9.17) is 4.74 Å². The van der Waals surface area contributed by atoms with Crippen molar-refractivity contribution in [3.8, 4) is 0 Å². The Morgan fingerprint density at radius 1 is 1.33 bits per heavy atom. The fourth-order valence-electron chi connectivity index (χ4n) is 3.89. The summed E-state index contributed by atoms with van der Waals surface area (Å²) in [5, 5.41) is 7.09. The number of fused-ring (bicyclic) bond motifs is 1. The van der Waals surface area contributed by atoms with E-state index in [2.05, 4.69) is 28.4 Å². The lowest BCUT2D eigenvalue weighted by Gasteiger charge is -2.34. The highest BCUT2D eigenvalue weighted by Crippen LogP contribution is 2.31. The third kappa shape index (κ3) is 3.08. The average molecular weight is 325 g/mol. The van der Waals surface area contributed by atoms with Crippen LogP contribution in [0.15, 0.2) is 36.5 Å². The van der Waals surface area contributed by atoms with Gasteiger partial charge in [-0.15, -0.1) is 0 Å². The normalized spacial score (nSPS) is 23.8. The summed E-state index contributed by atoms with van der Waals surface area (Å²) < 4.78 is 5.90. The van der Waals surface area contributed by atoms with E-state index in [9.17, 15) is 4.79 Å². The first-order valence-corrected chi connectivity index (χ1v) is 8.77. The molecule has 0 unspecified atom stereocenters. The van der Waals surface area contributed by atoms with Crippen molar-refractivity contribution in [1.82, 2.24) is 15.1 Å². The molecule has 0 saturated carbocycles. The molecule has 1 amide bonds. The zero-order valence-corrected chi connectivity index (χ0v) is 13.8. The van der Waals surface area contributed by atoms with Crippen LogP contribution in [0.1, 0.15) is 48.1 Å². The first kappa shape index (κ1) is 15.4. The molecule has 3 heterocycles. The van der Waals surface area contributed by atoms with Gasteiger partial charge in [-0.3, -0.25) is 9.89 Å². The number of carbonyl (C=O) groups excluding carboxylic acids is 1. The number of rotatable bonds is 3. The Labute approximate surface area is 142 Å². The number of amides is 1. The number of benzene rings is 1. The molecule has 2 atom stereocenters. The molecule has 4 rings (SSSR count). The second-order valence-electron chi connectivity index (χ2n) is 6.70. The van der Waals surface area contributed by atoms with Crippen LogP contribution >= 0.6 is 0 Å². The van der Waals surface area contributed by atoms with Gasteiger partial charge in [-0.2, -0.15) is 5.10 Å². The molecule has 24 heavy (non-hydrogen) atoms. The number of nitrogens with zero attached hydrogens (tertiary/aromatic N) is 2. The van der Waals surface area contributed by atoms with E-state index in [1.54, 1.807) is 6.20 Å². The van der Waals surface area contributed by atoms with E-state index in [0.29, 0.717) is 18.9 Å². The SMILES string of the molecule is O=C(C[C@@H]1OCCc2ccccc21)N1CCC[C@@H](c2ccn[nH]2)C1. The molecule has 0 radical (unpaired) electrons. The lowest BCUT2D eigenvalue weighted by molar-refractivity contribution is -0.135. The van der Waals surface area contributed by atoms with Gasteiger partial charge in [-0.05, 0) is 36.5 Å². The number of hydrogen-bond donors (Lipinski definition) is 1. The summed E-state index contributed by atoms with van der Waals surface area (Å²) in [6.45, 7) is 2.32. The smallest absolute Gasteiger partial charge is 0.225 e. The molecule has 0 spiro atoms. The molecule has 126 valence electrons. The highest BCUT2D eigenvalue weighted by molar-refractivity contribution is 5.77. The van der Waals surface area contributed by atoms with Crippen LogP contribution in [0.2, 0.25) is 0 Å². The van der Waals surface area contributed by atoms with Gasteiger partial charge in [0.05, 0.1) is 19.1 Å². The fraction of sp³-hybridized carbons (Fsp3) is 0.474. The van der Waals surface area contributed by atoms with Crippen LogP contribution in [0.5, 0.6) is 0 Å². The minimum atomic E-state index is -0.102. The second kappa shape index (κ2) is 6.77. The van der Waals surface area contributed by atoms with Gasteiger partial charge in [0.2, 0.25) is 5.91 Å². The molecule has 5 nitrogen and oxygen atoms in total. The minimum absolute atomic E-state index is 0.102. The van der Waals surface area contributed by atoms with Crippen LogP contribution in [0.4, 0.5) is 0 Å². The van der Waals surface area contributed by atoms with Gasteiger partial charge >= 0.3 is 0 Å². The van der Waals surface area contributed by atoms with E-state index in [-0.39, 0.29) is 12.0 Å². The number of nitrogens with one attached hydrogen (secondary N) is 1. The van der Waals surface area contributed by atoms with Crippen molar-refractivity contribution in [2.75, 3.05) is 19.7 Å². The van der Waals surface area contributed by atoms with Gasteiger partial charge in [0, 0.05) is 30.9 Å². The molecule has 1 saturated heterocycles. The lowest BCUT2D eigenvalue weighted by atomic mass is 9.93. The molecule has 2 aliphatic heterocycles. The molecule has 1 aromatic carbocycles. The third-order valence-electron chi connectivity index (χ3n) is 5.19. The monoisotopic (exact) mass is 325 g/mol. The van der Waals surface area contributed by atoms with Crippen LogP contribution in [0.25, 0.3) is 0 Å². The first-order chi connectivity index (χ1) is 11.8. The number of aromatic nitrogens is 2. The Morgan fingerprint density at radius 3 is 3.12 bits per heavy atom. The van der Waals surface area contributed by atoms with Crippen molar-refractivity contribution in [3.05, 3.63) is 53.3 Å². The number of ether oxygens (including phenoxy) is 1. The maximum atomic E-state index is 12.8. The van der Waals surface area contributed by atoms with Crippen LogP contribution in [-0.4, -0.2) is 40.7 Å². The Balaban J connectivity index is 1.43. The van der Waals surface area contributed by atoms with Crippen molar-refractivity contribution in [3.63, 3.8) is 0 Å². The van der Waals surface area contributed by atoms with Crippen molar-refractivity contribution >= 4 is 5.91 Å². The van der Waals surface area contributed by atoms with Gasteiger partial charge in [-0.1, -0.05) is 24.3 Å². The van der Waals surface area contributed by atoms with Crippen molar-refractivity contribution < 1.29 is 9.53 Å². The number of piperidine rings is 1. The molecule has 1 fully saturated rings. The molecule has 2 aromatic rings. The van der Waals surface area contributed by atoms with Gasteiger partial charge in [-0.25, -0.2) is 0 Å². The summed E-state index contributed by atoms with van der Waals surface area (Å²) in [6, 6.07) is 10.3. The molecule has 0 bridgehead atoms. The van der Waals surface area contributed by atoms with Crippen molar-refractivity contribution in [1.29, 1.82) is 0 Å². The Hall–Kier alpha value is -2.14. The zero-order valence-electron chi connectivity index (χ0n) is 13.8. The lowest BCUT2D eigenvalue weighted by Crippen LogP contribution is -2.40. The third-order valence-corrected chi connectivity index (χ3v) is 5.19. The average Bonchev–Trinajstić information content (AvgIpc) is 3.17. The number of likely N-dealkylation sites (tertiary alicyclic amines) is 1. The number of aromatic amines is 1. The van der Waals surface area contributed by atoms with Crippen LogP contribution < -0.4 is 0 Å². The number of H-pyrrole nitrogens is 1. The van der Waals surface area contributed by atoms with Gasteiger partial charge in [0.25, 0.3) is 0 Å². The molecule has 1 N–H and O–H groups in total. The standard InChI is InChI=1S/C19H23N3O2/c23-19(12-18-16-6-2-1-4-14(16)8-11-24-18)22-10-3-5-15(13-22)17-7-9-20-21-17/h1-2,4,6-7,9,15,18H,3,5,8,10-13H2,(H,20,21)/t15-,18+/m1/s1. The molecule has 5 heteroatoms. The number of carbonyl (C=O) groups is 1. The quantitative estimate of drug-likeness (QED) is 0.944. The maximum absolute atomic E-state index is 12.8. The summed E-state index contributed by atoms with van der Waals surface area (Å²) in [6.07, 6.45) is 5.20. The van der Waals surface area contributed by atoms with Crippen LogP contribution in [0, 0.1) is 0 Å². The highest BCUT2D eigenvalue weighted by atomic mass is 16.5. The fourth-order valence-corrected chi connectivity index (χ4v) is 3.89. The summed E-state index contributed by atoms with van der Waals surface area (Å²) >= 11 is 0. The summed E-state index contributed by atoms with van der Waals surface area (Å²) in [5.74, 6) is 0.561.